The van der Waals surface area contributed by atoms with E-state index < -0.39 is 0 Å². The summed E-state index contributed by atoms with van der Waals surface area (Å²) in [6, 6.07) is 5.33. The molecule has 0 amide bonds. The summed E-state index contributed by atoms with van der Waals surface area (Å²) in [5.41, 5.74) is 2.06. The molecule has 0 saturated carbocycles. The fourth-order valence-corrected chi connectivity index (χ4v) is 3.19. The molecule has 0 spiro atoms. The Balaban J connectivity index is 1.48. The van der Waals surface area contributed by atoms with Crippen LogP contribution in [0.1, 0.15) is 22.5 Å². The average molecular weight is 357 g/mol. The van der Waals surface area contributed by atoms with Crippen molar-refractivity contribution in [2.24, 2.45) is 0 Å². The number of thioether (sulfide) groups is 1. The monoisotopic (exact) mass is 357 g/mol. The molecular weight excluding hydrogens is 338 g/mol. The van der Waals surface area contributed by atoms with Crippen LogP contribution in [0.15, 0.2) is 43.0 Å². The zero-order valence-corrected chi connectivity index (χ0v) is 14.7. The third kappa shape index (κ3) is 4.48. The van der Waals surface area contributed by atoms with E-state index in [-0.39, 0.29) is 5.97 Å². The van der Waals surface area contributed by atoms with Crippen molar-refractivity contribution in [2.75, 3.05) is 24.7 Å². The van der Waals surface area contributed by atoms with Crippen LogP contribution in [-0.2, 0) is 10.5 Å². The van der Waals surface area contributed by atoms with E-state index in [9.17, 15) is 4.79 Å². The van der Waals surface area contributed by atoms with E-state index in [1.54, 1.807) is 36.3 Å². The van der Waals surface area contributed by atoms with Gasteiger partial charge in [0.2, 0.25) is 5.95 Å². The van der Waals surface area contributed by atoms with E-state index in [1.807, 2.05) is 22.9 Å². The number of anilines is 1. The van der Waals surface area contributed by atoms with Gasteiger partial charge in [-0.25, -0.2) is 19.7 Å². The lowest BCUT2D eigenvalue weighted by molar-refractivity contribution is 0.0602. The Morgan fingerprint density at radius 2 is 2.16 bits per heavy atom. The lowest BCUT2D eigenvalue weighted by atomic mass is 10.3. The molecule has 7 nitrogen and oxygen atoms in total. The minimum atomic E-state index is -0.371. The molecule has 0 aliphatic carbocycles. The number of pyridine rings is 1. The maximum atomic E-state index is 11.8. The van der Waals surface area contributed by atoms with Gasteiger partial charge in [-0.1, -0.05) is 0 Å². The molecule has 3 aromatic heterocycles. The standard InChI is InChI=1S/C17H19N5O2S/c1-24-16(23)14-5-2-9-22-11-13(21-15(14)22)12-25-10-4-8-20-17-18-6-3-7-19-17/h2-3,5-7,9,11H,4,8,10,12H2,1H3,(H,18,19,20). The van der Waals surface area contributed by atoms with Gasteiger partial charge in [0.05, 0.1) is 12.8 Å². The summed E-state index contributed by atoms with van der Waals surface area (Å²) in [7, 11) is 1.38. The largest absolute Gasteiger partial charge is 0.465 e. The second-order valence-corrected chi connectivity index (χ2v) is 6.39. The number of carbonyl (C=O) groups excluding carboxylic acids is 1. The number of nitrogens with zero attached hydrogens (tertiary/aromatic N) is 4. The van der Waals surface area contributed by atoms with Crippen LogP contribution < -0.4 is 5.32 Å². The number of esters is 1. The number of aromatic nitrogens is 4. The zero-order chi connectivity index (χ0) is 17.5. The first kappa shape index (κ1) is 17.2. The summed E-state index contributed by atoms with van der Waals surface area (Å²) >= 11 is 1.80. The number of fused-ring (bicyclic) bond motifs is 1. The molecule has 0 unspecified atom stereocenters. The molecule has 25 heavy (non-hydrogen) atoms. The number of ether oxygens (including phenoxy) is 1. The Labute approximate surface area is 149 Å². The topological polar surface area (TPSA) is 81.4 Å². The van der Waals surface area contributed by atoms with Gasteiger partial charge in [0.25, 0.3) is 0 Å². The van der Waals surface area contributed by atoms with Crippen molar-refractivity contribution in [1.82, 2.24) is 19.4 Å². The van der Waals surface area contributed by atoms with E-state index in [2.05, 4.69) is 20.3 Å². The Bertz CT molecular complexity index is 837. The number of hydrogen-bond donors (Lipinski definition) is 1. The SMILES string of the molecule is COC(=O)c1cccn2cc(CSCCCNc3ncccn3)nc12. The molecule has 0 aliphatic heterocycles. The highest BCUT2D eigenvalue weighted by atomic mass is 32.2. The van der Waals surface area contributed by atoms with Gasteiger partial charge in [-0.05, 0) is 30.4 Å². The summed E-state index contributed by atoms with van der Waals surface area (Å²) in [5, 5.41) is 3.18. The van der Waals surface area contributed by atoms with Gasteiger partial charge in [-0.15, -0.1) is 0 Å². The van der Waals surface area contributed by atoms with Crippen molar-refractivity contribution in [2.45, 2.75) is 12.2 Å². The molecule has 0 atom stereocenters. The Kier molecular flexibility index (Phi) is 5.84. The highest BCUT2D eigenvalue weighted by Crippen LogP contribution is 2.17. The van der Waals surface area contributed by atoms with Crippen molar-refractivity contribution < 1.29 is 9.53 Å². The second-order valence-electron chi connectivity index (χ2n) is 5.28. The number of methoxy groups -OCH3 is 1. The number of carbonyl (C=O) groups is 1. The Morgan fingerprint density at radius 3 is 2.96 bits per heavy atom. The van der Waals surface area contributed by atoms with Crippen molar-refractivity contribution in [3.05, 3.63) is 54.2 Å². The van der Waals surface area contributed by atoms with Crippen LogP contribution >= 0.6 is 11.8 Å². The van der Waals surface area contributed by atoms with Crippen LogP contribution in [0.5, 0.6) is 0 Å². The van der Waals surface area contributed by atoms with E-state index in [1.165, 1.54) is 7.11 Å². The second kappa shape index (κ2) is 8.48. The molecule has 130 valence electrons. The molecule has 3 aromatic rings. The van der Waals surface area contributed by atoms with Crippen molar-refractivity contribution in [1.29, 1.82) is 0 Å². The summed E-state index contributed by atoms with van der Waals surface area (Å²) in [4.78, 5) is 24.6. The molecule has 0 fully saturated rings. The molecule has 0 radical (unpaired) electrons. The Morgan fingerprint density at radius 1 is 1.32 bits per heavy atom. The first-order valence-corrected chi connectivity index (χ1v) is 9.07. The summed E-state index contributed by atoms with van der Waals surface area (Å²) < 4.78 is 6.66. The molecule has 1 N–H and O–H groups in total. The van der Waals surface area contributed by atoms with Gasteiger partial charge >= 0.3 is 5.97 Å². The van der Waals surface area contributed by atoms with Crippen molar-refractivity contribution >= 4 is 29.3 Å². The number of nitrogens with one attached hydrogen (secondary N) is 1. The summed E-state index contributed by atoms with van der Waals surface area (Å²) in [6.07, 6.45) is 8.27. The fourth-order valence-electron chi connectivity index (χ4n) is 2.34. The van der Waals surface area contributed by atoms with Crippen molar-refractivity contribution in [3.63, 3.8) is 0 Å². The first-order valence-electron chi connectivity index (χ1n) is 7.91. The predicted octanol–water partition coefficient (Wildman–Crippen LogP) is 2.65. The molecule has 0 saturated heterocycles. The molecule has 0 aromatic carbocycles. The minimum absolute atomic E-state index is 0.371. The van der Waals surface area contributed by atoms with Crippen LogP contribution in [0.2, 0.25) is 0 Å². The summed E-state index contributed by atoms with van der Waals surface area (Å²) in [5.74, 6) is 2.08. The van der Waals surface area contributed by atoms with Gasteiger partial charge in [0, 0.05) is 37.1 Å². The normalized spacial score (nSPS) is 10.8. The number of rotatable bonds is 8. The van der Waals surface area contributed by atoms with Crippen LogP contribution in [0.25, 0.3) is 5.65 Å². The van der Waals surface area contributed by atoms with E-state index in [0.717, 1.165) is 30.2 Å². The molecule has 3 heterocycles. The first-order chi connectivity index (χ1) is 12.3. The maximum Gasteiger partial charge on any atom is 0.341 e. The smallest absolute Gasteiger partial charge is 0.341 e. The molecule has 8 heteroatoms. The predicted molar refractivity (Wildman–Crippen MR) is 97.8 cm³/mol. The number of hydrogen-bond acceptors (Lipinski definition) is 7. The van der Waals surface area contributed by atoms with Crippen LogP contribution in [0, 0.1) is 0 Å². The van der Waals surface area contributed by atoms with Crippen LogP contribution in [-0.4, -0.2) is 44.7 Å². The van der Waals surface area contributed by atoms with Gasteiger partial charge in [0.15, 0.2) is 5.65 Å². The third-order valence-corrected chi connectivity index (χ3v) is 4.58. The maximum absolute atomic E-state index is 11.8. The Hall–Kier alpha value is -2.61. The number of imidazole rings is 1. The third-order valence-electron chi connectivity index (χ3n) is 3.50. The zero-order valence-electron chi connectivity index (χ0n) is 13.9. The van der Waals surface area contributed by atoms with Gasteiger partial charge in [-0.3, -0.25) is 0 Å². The van der Waals surface area contributed by atoms with E-state index in [4.69, 9.17) is 4.74 Å². The average Bonchev–Trinajstić information content (AvgIpc) is 3.07. The molecule has 3 rings (SSSR count). The van der Waals surface area contributed by atoms with Crippen LogP contribution in [0.3, 0.4) is 0 Å². The van der Waals surface area contributed by atoms with Gasteiger partial charge in [0.1, 0.15) is 5.56 Å². The van der Waals surface area contributed by atoms with Crippen molar-refractivity contribution in [3.8, 4) is 0 Å². The highest BCUT2D eigenvalue weighted by molar-refractivity contribution is 7.98. The fraction of sp³-hybridized carbons (Fsp3) is 0.294. The minimum Gasteiger partial charge on any atom is -0.465 e. The quantitative estimate of drug-likeness (QED) is 0.490. The lowest BCUT2D eigenvalue weighted by Gasteiger charge is -2.03. The van der Waals surface area contributed by atoms with E-state index >= 15 is 0 Å². The highest BCUT2D eigenvalue weighted by Gasteiger charge is 2.13. The van der Waals surface area contributed by atoms with E-state index in [0.29, 0.717) is 17.2 Å². The van der Waals surface area contributed by atoms with Gasteiger partial charge in [-0.2, -0.15) is 11.8 Å². The summed E-state index contributed by atoms with van der Waals surface area (Å²) in [6.45, 7) is 0.828. The van der Waals surface area contributed by atoms with Crippen LogP contribution in [0.4, 0.5) is 5.95 Å². The molecular formula is C17H19N5O2S. The molecule has 0 aliphatic rings. The molecule has 0 bridgehead atoms. The lowest BCUT2D eigenvalue weighted by Crippen LogP contribution is -2.05. The van der Waals surface area contributed by atoms with Gasteiger partial charge < -0.3 is 14.5 Å².